The maximum Gasteiger partial charge on any atom is 0.323 e. The third kappa shape index (κ3) is 3.31. The van der Waals surface area contributed by atoms with Crippen LogP contribution in [0.5, 0.6) is 0 Å². The number of rotatable bonds is 2. The van der Waals surface area contributed by atoms with Crippen LogP contribution in [0.2, 0.25) is 10.0 Å². The second kappa shape index (κ2) is 5.98. The number of carbonyl (C=O) groups is 1. The third-order valence-corrected chi connectivity index (χ3v) is 3.10. The van der Waals surface area contributed by atoms with Gasteiger partial charge in [-0.05, 0) is 30.3 Å². The summed E-state index contributed by atoms with van der Waals surface area (Å²) < 4.78 is 13.5. The predicted octanol–water partition coefficient (Wildman–Crippen LogP) is 4.36. The molecule has 0 bridgehead atoms. The number of nitrogens with two attached hydrogens (primary N) is 1. The number of hydrogen-bond donors (Lipinski definition) is 3. The molecule has 0 aliphatic heterocycles. The van der Waals surface area contributed by atoms with Gasteiger partial charge in [0.2, 0.25) is 0 Å². The molecule has 0 spiro atoms. The molecule has 4 N–H and O–H groups in total. The fourth-order valence-electron chi connectivity index (χ4n) is 1.50. The van der Waals surface area contributed by atoms with Gasteiger partial charge in [-0.25, -0.2) is 9.18 Å². The van der Waals surface area contributed by atoms with Crippen LogP contribution >= 0.6 is 23.2 Å². The molecule has 0 heterocycles. The van der Waals surface area contributed by atoms with Crippen LogP contribution in [0.4, 0.5) is 26.2 Å². The molecule has 0 saturated heterocycles. The van der Waals surface area contributed by atoms with E-state index in [1.807, 2.05) is 0 Å². The number of anilines is 3. The van der Waals surface area contributed by atoms with E-state index in [1.54, 1.807) is 12.1 Å². The zero-order valence-electron chi connectivity index (χ0n) is 10.1. The van der Waals surface area contributed by atoms with E-state index >= 15 is 0 Å². The van der Waals surface area contributed by atoms with Gasteiger partial charge in [0.15, 0.2) is 0 Å². The lowest BCUT2D eigenvalue weighted by Gasteiger charge is -2.10. The van der Waals surface area contributed by atoms with Crippen LogP contribution in [0.25, 0.3) is 0 Å². The van der Waals surface area contributed by atoms with E-state index < -0.39 is 11.8 Å². The van der Waals surface area contributed by atoms with E-state index in [2.05, 4.69) is 10.6 Å². The minimum atomic E-state index is -0.641. The Balaban J connectivity index is 2.11. The average Bonchev–Trinajstić information content (AvgIpc) is 2.38. The number of hydrogen-bond acceptors (Lipinski definition) is 2. The highest BCUT2D eigenvalue weighted by Gasteiger charge is 2.11. The highest BCUT2D eigenvalue weighted by molar-refractivity contribution is 6.34. The number of benzene rings is 2. The molecule has 2 aromatic rings. The van der Waals surface area contributed by atoms with Crippen molar-refractivity contribution in [3.05, 3.63) is 52.3 Å². The quantitative estimate of drug-likeness (QED) is 0.721. The number of nitrogens with one attached hydrogen (secondary N) is 2. The molecule has 4 nitrogen and oxygen atoms in total. The highest BCUT2D eigenvalue weighted by Crippen LogP contribution is 2.25. The van der Waals surface area contributed by atoms with Crippen LogP contribution in [-0.2, 0) is 0 Å². The predicted molar refractivity (Wildman–Crippen MR) is 79.9 cm³/mol. The summed E-state index contributed by atoms with van der Waals surface area (Å²) in [5.41, 5.74) is 6.29. The smallest absolute Gasteiger partial charge is 0.323 e. The summed E-state index contributed by atoms with van der Waals surface area (Å²) >= 11 is 11.6. The van der Waals surface area contributed by atoms with Gasteiger partial charge in [-0.15, -0.1) is 0 Å². The van der Waals surface area contributed by atoms with Crippen molar-refractivity contribution in [3.63, 3.8) is 0 Å². The largest absolute Gasteiger partial charge is 0.398 e. The zero-order valence-corrected chi connectivity index (χ0v) is 11.6. The summed E-state index contributed by atoms with van der Waals surface area (Å²) in [6.45, 7) is 0. The summed E-state index contributed by atoms with van der Waals surface area (Å²) in [4.78, 5) is 11.8. The van der Waals surface area contributed by atoms with Crippen molar-refractivity contribution < 1.29 is 9.18 Å². The first-order valence-corrected chi connectivity index (χ1v) is 6.30. The van der Waals surface area contributed by atoms with E-state index in [4.69, 9.17) is 28.9 Å². The van der Waals surface area contributed by atoms with Crippen molar-refractivity contribution in [1.82, 2.24) is 0 Å². The second-order valence-electron chi connectivity index (χ2n) is 3.91. The van der Waals surface area contributed by atoms with Crippen LogP contribution in [-0.4, -0.2) is 6.03 Å². The minimum Gasteiger partial charge on any atom is -0.398 e. The summed E-state index contributed by atoms with van der Waals surface area (Å²) in [6, 6.07) is 8.08. The van der Waals surface area contributed by atoms with Gasteiger partial charge in [-0.3, -0.25) is 0 Å². The molecule has 2 amide bonds. The molecular weight excluding hydrogens is 304 g/mol. The Kier molecular flexibility index (Phi) is 4.32. The Labute approximate surface area is 124 Å². The molecule has 2 aromatic carbocycles. The fraction of sp³-hybridized carbons (Fsp3) is 0. The third-order valence-electron chi connectivity index (χ3n) is 2.46. The van der Waals surface area contributed by atoms with Gasteiger partial charge in [-0.1, -0.05) is 29.3 Å². The zero-order chi connectivity index (χ0) is 14.7. The molecule has 0 aliphatic rings. The van der Waals surface area contributed by atoms with Crippen molar-refractivity contribution in [2.45, 2.75) is 0 Å². The highest BCUT2D eigenvalue weighted by atomic mass is 35.5. The molecule has 0 saturated carbocycles. The van der Waals surface area contributed by atoms with Crippen LogP contribution in [0, 0.1) is 5.82 Å². The average molecular weight is 314 g/mol. The summed E-state index contributed by atoms with van der Waals surface area (Å²) in [6.07, 6.45) is 0. The summed E-state index contributed by atoms with van der Waals surface area (Å²) in [5, 5.41) is 5.25. The first-order chi connectivity index (χ1) is 9.47. The van der Waals surface area contributed by atoms with Crippen LogP contribution in [0.3, 0.4) is 0 Å². The lowest BCUT2D eigenvalue weighted by molar-refractivity contribution is 0.262. The number of amides is 2. The second-order valence-corrected chi connectivity index (χ2v) is 4.73. The Hall–Kier alpha value is -1.98. The van der Waals surface area contributed by atoms with Gasteiger partial charge >= 0.3 is 6.03 Å². The van der Waals surface area contributed by atoms with Gasteiger partial charge in [0.05, 0.1) is 21.4 Å². The molecule has 0 atom stereocenters. The molecule has 7 heteroatoms. The van der Waals surface area contributed by atoms with Gasteiger partial charge < -0.3 is 16.4 Å². The Morgan fingerprint density at radius 3 is 2.50 bits per heavy atom. The van der Waals surface area contributed by atoms with Crippen molar-refractivity contribution in [2.75, 3.05) is 16.4 Å². The Morgan fingerprint density at radius 1 is 1.10 bits per heavy atom. The summed E-state index contributed by atoms with van der Waals surface area (Å²) in [7, 11) is 0. The molecule has 0 aliphatic carbocycles. The number of urea groups is 1. The first-order valence-electron chi connectivity index (χ1n) is 5.54. The van der Waals surface area contributed by atoms with Gasteiger partial charge in [0.1, 0.15) is 5.82 Å². The molecule has 0 fully saturated rings. The molecule has 0 radical (unpaired) electrons. The lowest BCUT2D eigenvalue weighted by atomic mass is 10.3. The molecule has 0 unspecified atom stereocenters. The molecule has 20 heavy (non-hydrogen) atoms. The standard InChI is InChI=1S/C13H10Cl2FN3O/c14-8-2-1-3-10(16)12(8)19-13(20)18-7-4-5-11(17)9(15)6-7/h1-6H,17H2,(H2,18,19,20). The van der Waals surface area contributed by atoms with E-state index in [9.17, 15) is 9.18 Å². The van der Waals surface area contributed by atoms with Gasteiger partial charge in [0, 0.05) is 5.69 Å². The Morgan fingerprint density at radius 2 is 1.85 bits per heavy atom. The molecule has 0 aromatic heterocycles. The SMILES string of the molecule is Nc1ccc(NC(=O)Nc2c(F)cccc2Cl)cc1Cl. The van der Waals surface area contributed by atoms with Gasteiger partial charge in [0.25, 0.3) is 0 Å². The number of carbonyl (C=O) groups excluding carboxylic acids is 1. The van der Waals surface area contributed by atoms with E-state index in [0.717, 1.165) is 0 Å². The maximum atomic E-state index is 13.5. The first kappa shape index (κ1) is 14.4. The van der Waals surface area contributed by atoms with Crippen LogP contribution in [0.15, 0.2) is 36.4 Å². The van der Waals surface area contributed by atoms with Gasteiger partial charge in [-0.2, -0.15) is 0 Å². The van der Waals surface area contributed by atoms with Crippen LogP contribution in [0.1, 0.15) is 0 Å². The number of nitrogen functional groups attached to an aromatic ring is 1. The fourth-order valence-corrected chi connectivity index (χ4v) is 1.89. The monoisotopic (exact) mass is 313 g/mol. The van der Waals surface area contributed by atoms with Crippen LogP contribution < -0.4 is 16.4 Å². The maximum absolute atomic E-state index is 13.5. The van der Waals surface area contributed by atoms with Crippen molar-refractivity contribution in [3.8, 4) is 0 Å². The van der Waals surface area contributed by atoms with Crippen molar-refractivity contribution in [2.24, 2.45) is 0 Å². The van der Waals surface area contributed by atoms with Crippen molar-refractivity contribution >= 4 is 46.3 Å². The van der Waals surface area contributed by atoms with E-state index in [1.165, 1.54) is 24.3 Å². The molecular formula is C13H10Cl2FN3O. The lowest BCUT2D eigenvalue weighted by Crippen LogP contribution is -2.20. The molecule has 2 rings (SSSR count). The number of para-hydroxylation sites is 1. The minimum absolute atomic E-state index is 0.0896. The number of halogens is 3. The Bertz CT molecular complexity index is 644. The molecule has 104 valence electrons. The van der Waals surface area contributed by atoms with E-state index in [-0.39, 0.29) is 10.7 Å². The summed E-state index contributed by atoms with van der Waals surface area (Å²) in [5.74, 6) is -0.622. The van der Waals surface area contributed by atoms with Crippen molar-refractivity contribution in [1.29, 1.82) is 0 Å². The van der Waals surface area contributed by atoms with E-state index in [0.29, 0.717) is 16.4 Å². The normalized spacial score (nSPS) is 10.2. The topological polar surface area (TPSA) is 67.1 Å².